The molecule has 7 nitrogen and oxygen atoms in total. The van der Waals surface area contributed by atoms with E-state index in [2.05, 4.69) is 4.98 Å². The Kier molecular flexibility index (Phi) is 4.89. The minimum absolute atomic E-state index is 0.296. The second kappa shape index (κ2) is 7.64. The molecule has 0 unspecified atom stereocenters. The monoisotopic (exact) mass is 378 g/mol. The van der Waals surface area contributed by atoms with E-state index < -0.39 is 5.97 Å². The minimum Gasteiger partial charge on any atom is -0.439 e. The summed E-state index contributed by atoms with van der Waals surface area (Å²) < 4.78 is 10.8. The Labute approximate surface area is 161 Å². The van der Waals surface area contributed by atoms with Crippen molar-refractivity contribution in [3.63, 3.8) is 0 Å². The molecule has 0 saturated carbocycles. The smallest absolute Gasteiger partial charge is 0.331 e. The van der Waals surface area contributed by atoms with E-state index in [4.69, 9.17) is 9.47 Å². The molecule has 2 aromatic rings. The number of benzene rings is 1. The Hall–Kier alpha value is -3.48. The summed E-state index contributed by atoms with van der Waals surface area (Å²) in [5.74, 6) is -0.662. The van der Waals surface area contributed by atoms with E-state index >= 15 is 0 Å². The Balaban J connectivity index is 1.35. The fourth-order valence-electron chi connectivity index (χ4n) is 3.42. The summed E-state index contributed by atoms with van der Waals surface area (Å²) >= 11 is 0. The van der Waals surface area contributed by atoms with Crippen LogP contribution in [0, 0.1) is 11.8 Å². The number of fused-ring (bicyclic) bond motifs is 1. The van der Waals surface area contributed by atoms with Gasteiger partial charge in [-0.25, -0.2) is 9.78 Å². The Morgan fingerprint density at radius 2 is 1.61 bits per heavy atom. The first-order valence-corrected chi connectivity index (χ1v) is 9.01. The lowest BCUT2D eigenvalue weighted by Gasteiger charge is -2.14. The number of pyridine rings is 1. The van der Waals surface area contributed by atoms with Gasteiger partial charge < -0.3 is 9.47 Å². The lowest BCUT2D eigenvalue weighted by atomic mass is 9.85. The molecule has 2 heterocycles. The number of likely N-dealkylation sites (tertiary alicyclic amines) is 1. The number of aromatic nitrogens is 1. The van der Waals surface area contributed by atoms with Crippen LogP contribution in [0.2, 0.25) is 0 Å². The number of hydrogen-bond acceptors (Lipinski definition) is 6. The molecule has 1 aromatic heterocycles. The van der Waals surface area contributed by atoms with Gasteiger partial charge in [-0.15, -0.1) is 0 Å². The van der Waals surface area contributed by atoms with Crippen LogP contribution >= 0.6 is 0 Å². The molecule has 0 radical (unpaired) electrons. The minimum atomic E-state index is -0.660. The maximum atomic E-state index is 12.4. The highest BCUT2D eigenvalue weighted by Gasteiger charge is 2.47. The van der Waals surface area contributed by atoms with Crippen LogP contribution in [0.3, 0.4) is 0 Å². The lowest BCUT2D eigenvalue weighted by Crippen LogP contribution is -2.37. The van der Waals surface area contributed by atoms with Crippen molar-refractivity contribution in [3.05, 3.63) is 60.8 Å². The molecule has 1 saturated heterocycles. The summed E-state index contributed by atoms with van der Waals surface area (Å²) in [5.41, 5.74) is 0. The first-order valence-electron chi connectivity index (χ1n) is 9.01. The quantitative estimate of drug-likeness (QED) is 0.344. The summed E-state index contributed by atoms with van der Waals surface area (Å²) in [5, 5.41) is 0. The number of ether oxygens (including phenoxy) is 2. The zero-order valence-corrected chi connectivity index (χ0v) is 15.0. The van der Waals surface area contributed by atoms with Crippen molar-refractivity contribution in [2.45, 2.75) is 12.8 Å². The van der Waals surface area contributed by atoms with Crippen LogP contribution in [0.25, 0.3) is 0 Å². The molecule has 2 amide bonds. The van der Waals surface area contributed by atoms with Crippen molar-refractivity contribution in [1.82, 2.24) is 9.88 Å². The van der Waals surface area contributed by atoms with E-state index in [0.717, 1.165) is 4.90 Å². The SMILES string of the molecule is O=C(CN1C(=O)[C@H]2CC=CC[C@@H]2C1=O)Oc1ccc(Oc2ccccn2)cc1. The van der Waals surface area contributed by atoms with Crippen molar-refractivity contribution in [1.29, 1.82) is 0 Å². The van der Waals surface area contributed by atoms with E-state index in [1.54, 1.807) is 42.6 Å². The third kappa shape index (κ3) is 3.64. The number of esters is 1. The van der Waals surface area contributed by atoms with Crippen molar-refractivity contribution < 1.29 is 23.9 Å². The fraction of sp³-hybridized carbons (Fsp3) is 0.238. The predicted octanol–water partition coefficient (Wildman–Crippen LogP) is 2.73. The van der Waals surface area contributed by atoms with Gasteiger partial charge in [0.05, 0.1) is 11.8 Å². The summed E-state index contributed by atoms with van der Waals surface area (Å²) in [7, 11) is 0. The molecule has 1 fully saturated rings. The zero-order chi connectivity index (χ0) is 19.5. The van der Waals surface area contributed by atoms with Crippen LogP contribution in [0.4, 0.5) is 0 Å². The lowest BCUT2D eigenvalue weighted by molar-refractivity contribution is -0.148. The molecule has 1 aliphatic heterocycles. The van der Waals surface area contributed by atoms with Gasteiger partial charge in [0.1, 0.15) is 18.0 Å². The average molecular weight is 378 g/mol. The number of allylic oxidation sites excluding steroid dienone is 2. The second-order valence-electron chi connectivity index (χ2n) is 6.63. The van der Waals surface area contributed by atoms with Crippen LogP contribution in [0.5, 0.6) is 17.4 Å². The molecular weight excluding hydrogens is 360 g/mol. The Morgan fingerprint density at radius 1 is 0.964 bits per heavy atom. The highest BCUT2D eigenvalue weighted by atomic mass is 16.5. The summed E-state index contributed by atoms with van der Waals surface area (Å²) in [6, 6.07) is 11.8. The first-order chi connectivity index (χ1) is 13.6. The number of imide groups is 1. The van der Waals surface area contributed by atoms with Crippen molar-refractivity contribution in [2.24, 2.45) is 11.8 Å². The summed E-state index contributed by atoms with van der Waals surface area (Å²) in [6.45, 7) is -0.378. The number of hydrogen-bond donors (Lipinski definition) is 0. The summed E-state index contributed by atoms with van der Waals surface area (Å²) in [4.78, 5) is 42.1. The molecule has 2 atom stereocenters. The normalized spacial score (nSPS) is 20.8. The molecule has 142 valence electrons. The number of rotatable bonds is 5. The molecule has 1 aliphatic carbocycles. The van der Waals surface area contributed by atoms with Crippen LogP contribution in [-0.2, 0) is 14.4 Å². The molecule has 28 heavy (non-hydrogen) atoms. The third-order valence-corrected chi connectivity index (χ3v) is 4.80. The highest BCUT2D eigenvalue weighted by Crippen LogP contribution is 2.35. The molecule has 2 aliphatic rings. The van der Waals surface area contributed by atoms with Gasteiger partial charge in [0.2, 0.25) is 17.7 Å². The first kappa shape index (κ1) is 17.9. The van der Waals surface area contributed by atoms with Crippen LogP contribution < -0.4 is 9.47 Å². The fourth-order valence-corrected chi connectivity index (χ4v) is 3.42. The van der Waals surface area contributed by atoms with Crippen molar-refractivity contribution >= 4 is 17.8 Å². The third-order valence-electron chi connectivity index (χ3n) is 4.80. The maximum Gasteiger partial charge on any atom is 0.331 e. The Morgan fingerprint density at radius 3 is 2.21 bits per heavy atom. The largest absolute Gasteiger partial charge is 0.439 e. The van der Waals surface area contributed by atoms with Crippen molar-refractivity contribution in [3.8, 4) is 17.4 Å². The molecule has 7 heteroatoms. The van der Waals surface area contributed by atoms with Crippen LogP contribution in [0.15, 0.2) is 60.8 Å². The van der Waals surface area contributed by atoms with Crippen LogP contribution in [-0.4, -0.2) is 34.2 Å². The van der Waals surface area contributed by atoms with Crippen molar-refractivity contribution in [2.75, 3.05) is 6.54 Å². The number of carbonyl (C=O) groups excluding carboxylic acids is 3. The number of nitrogens with zero attached hydrogens (tertiary/aromatic N) is 2. The van der Waals surface area contributed by atoms with Gasteiger partial charge in [0, 0.05) is 12.3 Å². The van der Waals surface area contributed by atoms with Gasteiger partial charge in [0.15, 0.2) is 0 Å². The van der Waals surface area contributed by atoms with Crippen LogP contribution in [0.1, 0.15) is 12.8 Å². The highest BCUT2D eigenvalue weighted by molar-refractivity contribution is 6.07. The number of amides is 2. The Bertz CT molecular complexity index is 898. The predicted molar refractivity (Wildman–Crippen MR) is 98.5 cm³/mol. The van der Waals surface area contributed by atoms with E-state index in [9.17, 15) is 14.4 Å². The molecule has 4 rings (SSSR count). The van der Waals surface area contributed by atoms with Gasteiger partial charge in [-0.3, -0.25) is 14.5 Å². The maximum absolute atomic E-state index is 12.4. The zero-order valence-electron chi connectivity index (χ0n) is 15.0. The number of carbonyl (C=O) groups is 3. The molecule has 1 aromatic carbocycles. The second-order valence-corrected chi connectivity index (χ2v) is 6.63. The van der Waals surface area contributed by atoms with E-state index in [0.29, 0.717) is 30.2 Å². The molecular formula is C21H18N2O5. The van der Waals surface area contributed by atoms with E-state index in [1.807, 2.05) is 18.2 Å². The average Bonchev–Trinajstić information content (AvgIpc) is 2.95. The summed E-state index contributed by atoms with van der Waals surface area (Å²) in [6.07, 6.45) is 6.52. The molecule has 0 N–H and O–H groups in total. The van der Waals surface area contributed by atoms with Gasteiger partial charge in [-0.1, -0.05) is 18.2 Å². The van der Waals surface area contributed by atoms with Gasteiger partial charge >= 0.3 is 5.97 Å². The molecule has 0 spiro atoms. The standard InChI is InChI=1S/C21H18N2O5/c24-19(13-23-20(25)16-5-1-2-6-17(16)21(23)26)28-15-10-8-14(9-11-15)27-18-7-3-4-12-22-18/h1-4,7-12,16-17H,5-6,13H2/t16-,17-/m0/s1. The van der Waals surface area contributed by atoms with E-state index in [1.165, 1.54) is 0 Å². The molecule has 0 bridgehead atoms. The van der Waals surface area contributed by atoms with E-state index in [-0.39, 0.29) is 30.2 Å². The topological polar surface area (TPSA) is 85.8 Å². The van der Waals surface area contributed by atoms with Gasteiger partial charge in [-0.05, 0) is 43.2 Å². The van der Waals surface area contributed by atoms with Gasteiger partial charge in [-0.2, -0.15) is 0 Å². The van der Waals surface area contributed by atoms with Gasteiger partial charge in [0.25, 0.3) is 0 Å².